The highest BCUT2D eigenvalue weighted by Crippen LogP contribution is 2.27. The molecule has 78 valence electrons. The third-order valence-electron chi connectivity index (χ3n) is 1.80. The van der Waals surface area contributed by atoms with Crippen molar-refractivity contribution in [2.45, 2.75) is 12.5 Å². The monoisotopic (exact) mass is 266 g/mol. The molecule has 0 heterocycles. The molecule has 1 atom stereocenters. The van der Waals surface area contributed by atoms with Crippen molar-refractivity contribution in [3.63, 3.8) is 0 Å². The van der Waals surface area contributed by atoms with Gasteiger partial charge < -0.3 is 10.2 Å². The van der Waals surface area contributed by atoms with Gasteiger partial charge in [0.2, 0.25) is 0 Å². The fraction of sp³-hybridized carbons (Fsp3) is 0.333. The van der Waals surface area contributed by atoms with Gasteiger partial charge in [-0.25, -0.2) is 8.78 Å². The number of hydrogen-bond donors (Lipinski definition) is 2. The SMILES string of the molecule is OCCC(O)c1cc(F)c(F)cc1Br. The highest BCUT2D eigenvalue weighted by molar-refractivity contribution is 9.10. The number of aliphatic hydroxyl groups is 2. The van der Waals surface area contributed by atoms with Gasteiger partial charge in [0.15, 0.2) is 11.6 Å². The maximum absolute atomic E-state index is 12.8. The van der Waals surface area contributed by atoms with Crippen LogP contribution in [0.5, 0.6) is 0 Å². The van der Waals surface area contributed by atoms with Crippen molar-refractivity contribution in [2.24, 2.45) is 0 Å². The van der Waals surface area contributed by atoms with Crippen LogP contribution in [0.25, 0.3) is 0 Å². The first-order valence-electron chi connectivity index (χ1n) is 3.99. The third-order valence-corrected chi connectivity index (χ3v) is 2.49. The smallest absolute Gasteiger partial charge is 0.159 e. The molecule has 0 fully saturated rings. The summed E-state index contributed by atoms with van der Waals surface area (Å²) in [5.74, 6) is -1.99. The summed E-state index contributed by atoms with van der Waals surface area (Å²) in [5, 5.41) is 18.0. The van der Waals surface area contributed by atoms with E-state index in [0.717, 1.165) is 12.1 Å². The van der Waals surface area contributed by atoms with Crippen LogP contribution in [0.4, 0.5) is 8.78 Å². The first-order chi connectivity index (χ1) is 6.56. The summed E-state index contributed by atoms with van der Waals surface area (Å²) in [6.45, 7) is -0.216. The molecule has 2 N–H and O–H groups in total. The fourth-order valence-corrected chi connectivity index (χ4v) is 1.65. The second-order valence-corrected chi connectivity index (χ2v) is 3.67. The van der Waals surface area contributed by atoms with E-state index in [0.29, 0.717) is 0 Å². The Morgan fingerprint density at radius 1 is 1.29 bits per heavy atom. The molecule has 0 amide bonds. The van der Waals surface area contributed by atoms with Crippen LogP contribution >= 0.6 is 15.9 Å². The van der Waals surface area contributed by atoms with Gasteiger partial charge in [-0.2, -0.15) is 0 Å². The zero-order valence-corrected chi connectivity index (χ0v) is 8.76. The lowest BCUT2D eigenvalue weighted by Gasteiger charge is -2.11. The van der Waals surface area contributed by atoms with Crippen molar-refractivity contribution in [3.8, 4) is 0 Å². The van der Waals surface area contributed by atoms with Crippen LogP contribution in [-0.2, 0) is 0 Å². The Morgan fingerprint density at radius 2 is 1.86 bits per heavy atom. The standard InChI is InChI=1S/C9H9BrF2O2/c10-6-4-8(12)7(11)3-5(6)9(14)1-2-13/h3-4,9,13-14H,1-2H2. The normalized spacial score (nSPS) is 12.9. The van der Waals surface area contributed by atoms with Gasteiger partial charge in [-0.05, 0) is 17.7 Å². The molecule has 0 aliphatic heterocycles. The molecule has 14 heavy (non-hydrogen) atoms. The average molecular weight is 267 g/mol. The summed E-state index contributed by atoms with van der Waals surface area (Å²) in [4.78, 5) is 0. The van der Waals surface area contributed by atoms with E-state index in [1.54, 1.807) is 0 Å². The van der Waals surface area contributed by atoms with Crippen molar-refractivity contribution >= 4 is 15.9 Å². The quantitative estimate of drug-likeness (QED) is 0.824. The first-order valence-corrected chi connectivity index (χ1v) is 4.79. The molecule has 0 saturated heterocycles. The van der Waals surface area contributed by atoms with Gasteiger partial charge in [-0.15, -0.1) is 0 Å². The second-order valence-electron chi connectivity index (χ2n) is 2.82. The predicted molar refractivity (Wildman–Crippen MR) is 50.7 cm³/mol. The highest BCUT2D eigenvalue weighted by atomic mass is 79.9. The number of halogens is 3. The van der Waals surface area contributed by atoms with E-state index in [9.17, 15) is 13.9 Å². The lowest BCUT2D eigenvalue weighted by molar-refractivity contribution is 0.133. The van der Waals surface area contributed by atoms with E-state index < -0.39 is 17.7 Å². The average Bonchev–Trinajstić information content (AvgIpc) is 2.11. The van der Waals surface area contributed by atoms with E-state index in [1.165, 1.54) is 0 Å². The molecule has 0 aromatic heterocycles. The number of aliphatic hydroxyl groups excluding tert-OH is 2. The minimum atomic E-state index is -1.01. The van der Waals surface area contributed by atoms with E-state index in [1.807, 2.05) is 0 Å². The third kappa shape index (κ3) is 2.50. The van der Waals surface area contributed by atoms with Gasteiger partial charge in [-0.3, -0.25) is 0 Å². The van der Waals surface area contributed by atoms with Gasteiger partial charge in [0.25, 0.3) is 0 Å². The molecule has 0 radical (unpaired) electrons. The van der Waals surface area contributed by atoms with Gasteiger partial charge in [0, 0.05) is 17.5 Å². The van der Waals surface area contributed by atoms with Gasteiger partial charge >= 0.3 is 0 Å². The molecule has 1 aromatic rings. The van der Waals surface area contributed by atoms with E-state index in [4.69, 9.17) is 5.11 Å². The highest BCUT2D eigenvalue weighted by Gasteiger charge is 2.14. The summed E-state index contributed by atoms with van der Waals surface area (Å²) in [6, 6.07) is 1.87. The van der Waals surface area contributed by atoms with Crippen LogP contribution in [0.1, 0.15) is 18.1 Å². The van der Waals surface area contributed by atoms with Crippen LogP contribution in [0.15, 0.2) is 16.6 Å². The summed E-state index contributed by atoms with van der Waals surface area (Å²) >= 11 is 3.00. The van der Waals surface area contributed by atoms with Crippen molar-refractivity contribution in [2.75, 3.05) is 6.61 Å². The van der Waals surface area contributed by atoms with Crippen LogP contribution in [-0.4, -0.2) is 16.8 Å². The van der Waals surface area contributed by atoms with Gasteiger partial charge in [-0.1, -0.05) is 15.9 Å². The summed E-state index contributed by atoms with van der Waals surface area (Å²) in [7, 11) is 0. The minimum Gasteiger partial charge on any atom is -0.396 e. The molecule has 2 nitrogen and oxygen atoms in total. The predicted octanol–water partition coefficient (Wildman–Crippen LogP) is 2.14. The molecule has 5 heteroatoms. The molecule has 0 aliphatic rings. The van der Waals surface area contributed by atoms with Crippen molar-refractivity contribution in [1.29, 1.82) is 0 Å². The largest absolute Gasteiger partial charge is 0.396 e. The van der Waals surface area contributed by atoms with E-state index in [2.05, 4.69) is 15.9 Å². The molecule has 0 bridgehead atoms. The van der Waals surface area contributed by atoms with Crippen molar-refractivity contribution in [1.82, 2.24) is 0 Å². The van der Waals surface area contributed by atoms with E-state index >= 15 is 0 Å². The summed E-state index contributed by atoms with van der Waals surface area (Å²) in [6.07, 6.45) is -0.909. The Labute approximate surface area is 88.3 Å². The molecular formula is C9H9BrF2O2. The van der Waals surface area contributed by atoms with Gasteiger partial charge in [0.05, 0.1) is 6.10 Å². The zero-order chi connectivity index (χ0) is 10.7. The molecule has 1 unspecified atom stereocenters. The van der Waals surface area contributed by atoms with Crippen LogP contribution in [0, 0.1) is 11.6 Å². The lowest BCUT2D eigenvalue weighted by atomic mass is 10.1. The lowest BCUT2D eigenvalue weighted by Crippen LogP contribution is -2.02. The van der Waals surface area contributed by atoms with Crippen LogP contribution in [0.3, 0.4) is 0 Å². The first kappa shape index (κ1) is 11.6. The minimum absolute atomic E-state index is 0.0870. The molecule has 1 rings (SSSR count). The number of rotatable bonds is 3. The molecule has 0 aliphatic carbocycles. The fourth-order valence-electron chi connectivity index (χ4n) is 1.07. The molecule has 0 saturated carbocycles. The molecule has 0 spiro atoms. The second kappa shape index (κ2) is 4.82. The Bertz CT molecular complexity index is 331. The van der Waals surface area contributed by atoms with Gasteiger partial charge in [0.1, 0.15) is 0 Å². The summed E-state index contributed by atoms with van der Waals surface area (Å²) < 4.78 is 25.8. The van der Waals surface area contributed by atoms with E-state index in [-0.39, 0.29) is 23.1 Å². The Balaban J connectivity index is 3.02. The summed E-state index contributed by atoms with van der Waals surface area (Å²) in [5.41, 5.74) is 0.234. The molecular weight excluding hydrogens is 258 g/mol. The Morgan fingerprint density at radius 3 is 2.43 bits per heavy atom. The van der Waals surface area contributed by atoms with Crippen molar-refractivity contribution in [3.05, 3.63) is 33.8 Å². The number of benzene rings is 1. The maximum atomic E-state index is 12.8. The van der Waals surface area contributed by atoms with Crippen LogP contribution in [0.2, 0.25) is 0 Å². The topological polar surface area (TPSA) is 40.5 Å². The van der Waals surface area contributed by atoms with Crippen molar-refractivity contribution < 1.29 is 19.0 Å². The zero-order valence-electron chi connectivity index (χ0n) is 7.17. The molecule has 1 aromatic carbocycles. The Kier molecular flexibility index (Phi) is 3.97. The Hall–Kier alpha value is -0.520. The van der Waals surface area contributed by atoms with Crippen LogP contribution < -0.4 is 0 Å². The maximum Gasteiger partial charge on any atom is 0.159 e. The number of hydrogen-bond acceptors (Lipinski definition) is 2.